The lowest BCUT2D eigenvalue weighted by Gasteiger charge is -2.36. The summed E-state index contributed by atoms with van der Waals surface area (Å²) in [5.74, 6) is 3.07. The van der Waals surface area contributed by atoms with Gasteiger partial charge in [0, 0.05) is 12.1 Å². The third-order valence-electron chi connectivity index (χ3n) is 4.56. The summed E-state index contributed by atoms with van der Waals surface area (Å²) in [5.41, 5.74) is 0. The lowest BCUT2D eigenvalue weighted by atomic mass is 10.1. The number of fused-ring (bicyclic) bond motifs is 2. The van der Waals surface area contributed by atoms with Gasteiger partial charge in [-0.15, -0.1) is 0 Å². The van der Waals surface area contributed by atoms with Crippen LogP contribution in [-0.4, -0.2) is 24.4 Å². The van der Waals surface area contributed by atoms with Gasteiger partial charge in [0.05, 0.1) is 0 Å². The minimum atomic E-state index is 0.102. The Morgan fingerprint density at radius 3 is 0.955 bits per heavy atom. The first-order valence-corrected chi connectivity index (χ1v) is 8.54. The lowest BCUT2D eigenvalue weighted by molar-refractivity contribution is 0.00438. The molecular weight excluding hydrogens is 280 g/mol. The summed E-state index contributed by atoms with van der Waals surface area (Å²) in [6.07, 6.45) is 4.14. The molecule has 22 heavy (non-hydrogen) atoms. The van der Waals surface area contributed by atoms with E-state index in [1.165, 1.54) is 0 Å². The molecule has 4 heteroatoms. The van der Waals surface area contributed by atoms with Crippen LogP contribution in [0.2, 0.25) is 0 Å². The quantitative estimate of drug-likeness (QED) is 0.829. The minimum Gasteiger partial charge on any atom is -0.483 e. The van der Waals surface area contributed by atoms with Crippen LogP contribution >= 0.6 is 0 Å². The van der Waals surface area contributed by atoms with Crippen LogP contribution < -0.4 is 18.9 Å². The summed E-state index contributed by atoms with van der Waals surface area (Å²) in [6, 6.07) is 3.85. The molecular formula is C18H26O4. The summed E-state index contributed by atoms with van der Waals surface area (Å²) in [5, 5.41) is 0. The van der Waals surface area contributed by atoms with Crippen molar-refractivity contribution in [1.29, 1.82) is 0 Å². The highest BCUT2D eigenvalue weighted by atomic mass is 16.6. The molecule has 0 unspecified atom stereocenters. The van der Waals surface area contributed by atoms with Gasteiger partial charge in [-0.2, -0.15) is 0 Å². The molecule has 0 aliphatic carbocycles. The van der Waals surface area contributed by atoms with E-state index in [1.807, 2.05) is 12.1 Å². The van der Waals surface area contributed by atoms with E-state index in [1.54, 1.807) is 0 Å². The first kappa shape index (κ1) is 15.3. The van der Waals surface area contributed by atoms with Gasteiger partial charge in [0.1, 0.15) is 24.4 Å². The first-order chi connectivity index (χ1) is 10.7. The molecule has 0 N–H and O–H groups in total. The predicted molar refractivity (Wildman–Crippen MR) is 85.3 cm³/mol. The Labute approximate surface area is 132 Å². The van der Waals surface area contributed by atoms with Crippen LogP contribution in [0.3, 0.4) is 0 Å². The highest BCUT2D eigenvalue weighted by molar-refractivity contribution is 5.56. The zero-order valence-electron chi connectivity index (χ0n) is 13.9. The van der Waals surface area contributed by atoms with Gasteiger partial charge in [-0.05, 0) is 25.7 Å². The molecule has 0 saturated heterocycles. The van der Waals surface area contributed by atoms with Gasteiger partial charge < -0.3 is 18.9 Å². The minimum absolute atomic E-state index is 0.102. The van der Waals surface area contributed by atoms with Crippen LogP contribution in [0.25, 0.3) is 0 Å². The molecule has 4 nitrogen and oxygen atoms in total. The smallest absolute Gasteiger partial charge is 0.165 e. The second-order valence-corrected chi connectivity index (χ2v) is 6.00. The SMILES string of the molecule is CC[C@H]1Oc2cc3c(cc2O[C@@H]1CC)O[C@H](CC)[C@@H](CC)O3. The number of benzene rings is 1. The van der Waals surface area contributed by atoms with Crippen molar-refractivity contribution in [3.63, 3.8) is 0 Å². The Morgan fingerprint density at radius 1 is 0.545 bits per heavy atom. The van der Waals surface area contributed by atoms with Crippen LogP contribution in [0.4, 0.5) is 0 Å². The Kier molecular flexibility index (Phi) is 4.37. The maximum Gasteiger partial charge on any atom is 0.165 e. The summed E-state index contributed by atoms with van der Waals surface area (Å²) in [7, 11) is 0. The number of hydrogen-bond acceptors (Lipinski definition) is 4. The van der Waals surface area contributed by atoms with E-state index >= 15 is 0 Å². The largest absolute Gasteiger partial charge is 0.483 e. The second kappa shape index (κ2) is 6.27. The normalized spacial score (nSPS) is 29.3. The van der Waals surface area contributed by atoms with Crippen molar-refractivity contribution in [3.8, 4) is 23.0 Å². The Balaban J connectivity index is 1.91. The van der Waals surface area contributed by atoms with Gasteiger partial charge in [0.2, 0.25) is 0 Å². The van der Waals surface area contributed by atoms with E-state index in [0.29, 0.717) is 0 Å². The fourth-order valence-corrected chi connectivity index (χ4v) is 3.23. The standard InChI is InChI=1S/C18H26O4/c1-5-11-12(6-2)20-16-10-18-17(9-15(16)19-11)21-13(7-3)14(8-4)22-18/h9-14H,5-8H2,1-4H3/t11-,12-,13-,14-/m1/s1. The zero-order valence-corrected chi connectivity index (χ0v) is 13.9. The number of hydrogen-bond donors (Lipinski definition) is 0. The van der Waals surface area contributed by atoms with Crippen LogP contribution in [0.15, 0.2) is 12.1 Å². The van der Waals surface area contributed by atoms with Gasteiger partial charge in [-0.1, -0.05) is 27.7 Å². The average Bonchev–Trinajstić information content (AvgIpc) is 2.57. The first-order valence-electron chi connectivity index (χ1n) is 8.54. The summed E-state index contributed by atoms with van der Waals surface area (Å²) < 4.78 is 24.4. The van der Waals surface area contributed by atoms with E-state index in [9.17, 15) is 0 Å². The molecule has 0 spiro atoms. The van der Waals surface area contributed by atoms with Crippen molar-refractivity contribution >= 4 is 0 Å². The molecule has 3 rings (SSSR count). The summed E-state index contributed by atoms with van der Waals surface area (Å²) in [4.78, 5) is 0. The van der Waals surface area contributed by atoms with Gasteiger partial charge in [-0.3, -0.25) is 0 Å². The molecule has 1 aromatic carbocycles. The molecule has 0 radical (unpaired) electrons. The molecule has 2 aliphatic heterocycles. The molecule has 0 fully saturated rings. The zero-order chi connectivity index (χ0) is 15.7. The maximum absolute atomic E-state index is 6.11. The molecule has 1 aromatic rings. The van der Waals surface area contributed by atoms with Crippen molar-refractivity contribution in [2.24, 2.45) is 0 Å². The van der Waals surface area contributed by atoms with Crippen LogP contribution in [0.1, 0.15) is 53.4 Å². The van der Waals surface area contributed by atoms with Crippen LogP contribution in [0.5, 0.6) is 23.0 Å². The second-order valence-electron chi connectivity index (χ2n) is 6.00. The maximum atomic E-state index is 6.11. The fourth-order valence-electron chi connectivity index (χ4n) is 3.23. The molecule has 0 aromatic heterocycles. The van der Waals surface area contributed by atoms with Crippen molar-refractivity contribution in [3.05, 3.63) is 12.1 Å². The summed E-state index contributed by atoms with van der Waals surface area (Å²) >= 11 is 0. The van der Waals surface area contributed by atoms with Crippen molar-refractivity contribution < 1.29 is 18.9 Å². The predicted octanol–water partition coefficient (Wildman–Crippen LogP) is 4.34. The molecule has 0 saturated carbocycles. The third-order valence-corrected chi connectivity index (χ3v) is 4.56. The third kappa shape index (κ3) is 2.59. The van der Waals surface area contributed by atoms with Crippen LogP contribution in [0, 0.1) is 0 Å². The molecule has 4 atom stereocenters. The lowest BCUT2D eigenvalue weighted by Crippen LogP contribution is -2.40. The van der Waals surface area contributed by atoms with E-state index in [2.05, 4.69) is 27.7 Å². The van der Waals surface area contributed by atoms with Crippen molar-refractivity contribution in [2.75, 3.05) is 0 Å². The highest BCUT2D eigenvalue weighted by Crippen LogP contribution is 2.46. The highest BCUT2D eigenvalue weighted by Gasteiger charge is 2.34. The molecule has 2 heterocycles. The Hall–Kier alpha value is -1.58. The number of ether oxygens (including phenoxy) is 4. The molecule has 0 amide bonds. The molecule has 2 aliphatic rings. The molecule has 0 bridgehead atoms. The average molecular weight is 306 g/mol. The monoisotopic (exact) mass is 306 g/mol. The topological polar surface area (TPSA) is 36.9 Å². The van der Waals surface area contributed by atoms with Gasteiger partial charge in [0.25, 0.3) is 0 Å². The Morgan fingerprint density at radius 2 is 0.773 bits per heavy atom. The van der Waals surface area contributed by atoms with Gasteiger partial charge in [0.15, 0.2) is 23.0 Å². The van der Waals surface area contributed by atoms with E-state index in [4.69, 9.17) is 18.9 Å². The van der Waals surface area contributed by atoms with E-state index < -0.39 is 0 Å². The van der Waals surface area contributed by atoms with Crippen molar-refractivity contribution in [2.45, 2.75) is 77.8 Å². The fraction of sp³-hybridized carbons (Fsp3) is 0.667. The number of rotatable bonds is 4. The van der Waals surface area contributed by atoms with E-state index in [0.717, 1.165) is 48.7 Å². The van der Waals surface area contributed by atoms with Crippen LogP contribution in [-0.2, 0) is 0 Å². The van der Waals surface area contributed by atoms with Gasteiger partial charge in [-0.25, -0.2) is 0 Å². The Bertz CT molecular complexity index is 438. The van der Waals surface area contributed by atoms with Gasteiger partial charge >= 0.3 is 0 Å². The van der Waals surface area contributed by atoms with Crippen molar-refractivity contribution in [1.82, 2.24) is 0 Å². The summed E-state index contributed by atoms with van der Waals surface area (Å²) in [6.45, 7) is 8.49. The van der Waals surface area contributed by atoms with E-state index in [-0.39, 0.29) is 24.4 Å². The molecule has 122 valence electrons.